The van der Waals surface area contributed by atoms with Gasteiger partial charge in [-0.15, -0.1) is 0 Å². The van der Waals surface area contributed by atoms with Gasteiger partial charge in [0.15, 0.2) is 0 Å². The van der Waals surface area contributed by atoms with Gasteiger partial charge in [-0.25, -0.2) is 5.43 Å². The number of rotatable bonds is 4. The highest BCUT2D eigenvalue weighted by atomic mass is 79.9. The molecule has 0 fully saturated rings. The second-order valence-electron chi connectivity index (χ2n) is 5.57. The Morgan fingerprint density at radius 3 is 2.63 bits per heavy atom. The lowest BCUT2D eigenvalue weighted by Crippen LogP contribution is -2.32. The molecule has 0 aliphatic rings. The molecule has 0 bridgehead atoms. The summed E-state index contributed by atoms with van der Waals surface area (Å²) in [6.07, 6.45) is 1.41. The standard InChI is InChI=1S/C20H16BrN3O3/c1-27-18-10-9-15(21)11-14(18)12-22-24-20(26)19(25)23-17-8-4-6-13-5-2-3-7-16(13)17/h2-12H,1H3,(H,23,25)(H,24,26). The molecule has 0 atom stereocenters. The molecule has 0 aliphatic carbocycles. The zero-order chi connectivity index (χ0) is 19.2. The van der Waals surface area contributed by atoms with E-state index in [2.05, 4.69) is 31.8 Å². The Labute approximate surface area is 164 Å². The lowest BCUT2D eigenvalue weighted by molar-refractivity contribution is -0.136. The predicted octanol–water partition coefficient (Wildman–Crippen LogP) is 3.70. The molecule has 3 rings (SSSR count). The number of nitrogens with zero attached hydrogens (tertiary/aromatic N) is 1. The summed E-state index contributed by atoms with van der Waals surface area (Å²) in [5, 5.41) is 8.26. The minimum Gasteiger partial charge on any atom is -0.496 e. The maximum Gasteiger partial charge on any atom is 0.329 e. The van der Waals surface area contributed by atoms with Crippen molar-refractivity contribution < 1.29 is 14.3 Å². The normalized spacial score (nSPS) is 10.7. The van der Waals surface area contributed by atoms with Gasteiger partial charge in [-0.1, -0.05) is 52.3 Å². The number of halogens is 1. The van der Waals surface area contributed by atoms with E-state index in [1.807, 2.05) is 42.5 Å². The van der Waals surface area contributed by atoms with Crippen molar-refractivity contribution in [2.45, 2.75) is 0 Å². The van der Waals surface area contributed by atoms with Crippen LogP contribution in [0.15, 0.2) is 70.2 Å². The molecule has 7 heteroatoms. The van der Waals surface area contributed by atoms with Crippen LogP contribution in [0.3, 0.4) is 0 Å². The van der Waals surface area contributed by atoms with Crippen LogP contribution in [0.2, 0.25) is 0 Å². The van der Waals surface area contributed by atoms with Gasteiger partial charge in [0.1, 0.15) is 5.75 Å². The Balaban J connectivity index is 1.68. The van der Waals surface area contributed by atoms with E-state index in [-0.39, 0.29) is 0 Å². The number of methoxy groups -OCH3 is 1. The van der Waals surface area contributed by atoms with Gasteiger partial charge < -0.3 is 10.1 Å². The third-order valence-electron chi connectivity index (χ3n) is 3.81. The van der Waals surface area contributed by atoms with Gasteiger partial charge in [0.2, 0.25) is 0 Å². The number of ether oxygens (including phenoxy) is 1. The Hall–Kier alpha value is -3.19. The molecule has 0 radical (unpaired) electrons. The topological polar surface area (TPSA) is 79.8 Å². The number of hydrogen-bond acceptors (Lipinski definition) is 4. The Morgan fingerprint density at radius 1 is 1.04 bits per heavy atom. The first-order chi connectivity index (χ1) is 13.1. The number of hydrazone groups is 1. The zero-order valence-corrected chi connectivity index (χ0v) is 16.0. The van der Waals surface area contributed by atoms with E-state index in [4.69, 9.17) is 4.74 Å². The molecule has 0 saturated carbocycles. The molecule has 0 saturated heterocycles. The first-order valence-electron chi connectivity index (χ1n) is 8.04. The largest absolute Gasteiger partial charge is 0.496 e. The van der Waals surface area contributed by atoms with E-state index < -0.39 is 11.8 Å². The highest BCUT2D eigenvalue weighted by molar-refractivity contribution is 9.10. The van der Waals surface area contributed by atoms with Crippen LogP contribution in [-0.2, 0) is 9.59 Å². The smallest absolute Gasteiger partial charge is 0.329 e. The number of fused-ring (bicyclic) bond motifs is 1. The van der Waals surface area contributed by atoms with E-state index in [0.29, 0.717) is 17.0 Å². The van der Waals surface area contributed by atoms with Crippen LogP contribution in [0.1, 0.15) is 5.56 Å². The third-order valence-corrected chi connectivity index (χ3v) is 4.30. The van der Waals surface area contributed by atoms with Gasteiger partial charge in [0, 0.05) is 21.1 Å². The SMILES string of the molecule is COc1ccc(Br)cc1C=NNC(=O)C(=O)Nc1cccc2ccccc12. The van der Waals surface area contributed by atoms with Crippen molar-refractivity contribution in [1.29, 1.82) is 0 Å². The van der Waals surface area contributed by atoms with E-state index in [9.17, 15) is 9.59 Å². The molecule has 0 spiro atoms. The number of nitrogens with one attached hydrogen (secondary N) is 2. The van der Waals surface area contributed by atoms with Crippen molar-refractivity contribution in [3.63, 3.8) is 0 Å². The number of carbonyl (C=O) groups excluding carboxylic acids is 2. The van der Waals surface area contributed by atoms with E-state index in [0.717, 1.165) is 15.2 Å². The lowest BCUT2D eigenvalue weighted by atomic mass is 10.1. The highest BCUT2D eigenvalue weighted by Crippen LogP contribution is 2.23. The van der Waals surface area contributed by atoms with Crippen LogP contribution in [0, 0.1) is 0 Å². The second-order valence-corrected chi connectivity index (χ2v) is 6.48. The van der Waals surface area contributed by atoms with Gasteiger partial charge >= 0.3 is 11.8 Å². The molecule has 3 aromatic carbocycles. The summed E-state index contributed by atoms with van der Waals surface area (Å²) < 4.78 is 6.06. The van der Waals surface area contributed by atoms with Crippen LogP contribution in [-0.4, -0.2) is 25.1 Å². The fourth-order valence-electron chi connectivity index (χ4n) is 2.53. The van der Waals surface area contributed by atoms with Crippen molar-refractivity contribution in [2.24, 2.45) is 5.10 Å². The molecular weight excluding hydrogens is 410 g/mol. The summed E-state index contributed by atoms with van der Waals surface area (Å²) in [5.41, 5.74) is 3.43. The van der Waals surface area contributed by atoms with Gasteiger partial charge in [0.05, 0.1) is 13.3 Å². The molecule has 0 aromatic heterocycles. The van der Waals surface area contributed by atoms with E-state index in [1.54, 1.807) is 18.2 Å². The van der Waals surface area contributed by atoms with Gasteiger partial charge in [0.25, 0.3) is 0 Å². The molecule has 3 aromatic rings. The van der Waals surface area contributed by atoms with Crippen molar-refractivity contribution in [1.82, 2.24) is 5.43 Å². The van der Waals surface area contributed by atoms with Crippen LogP contribution >= 0.6 is 15.9 Å². The van der Waals surface area contributed by atoms with Gasteiger partial charge in [-0.2, -0.15) is 5.10 Å². The Bertz CT molecular complexity index is 1030. The summed E-state index contributed by atoms with van der Waals surface area (Å²) in [7, 11) is 1.54. The summed E-state index contributed by atoms with van der Waals surface area (Å²) in [6, 6.07) is 18.4. The average molecular weight is 426 g/mol. The molecule has 0 aliphatic heterocycles. The minimum atomic E-state index is -0.867. The quantitative estimate of drug-likeness (QED) is 0.379. The van der Waals surface area contributed by atoms with Crippen molar-refractivity contribution in [3.8, 4) is 5.75 Å². The average Bonchev–Trinajstić information content (AvgIpc) is 2.68. The fourth-order valence-corrected chi connectivity index (χ4v) is 2.91. The summed E-state index contributed by atoms with van der Waals surface area (Å²) in [4.78, 5) is 24.2. The van der Waals surface area contributed by atoms with Crippen LogP contribution in [0.5, 0.6) is 5.75 Å². The fraction of sp³-hybridized carbons (Fsp3) is 0.0500. The minimum absolute atomic E-state index is 0.561. The lowest BCUT2D eigenvalue weighted by Gasteiger charge is -2.08. The summed E-state index contributed by atoms with van der Waals surface area (Å²) in [6.45, 7) is 0. The van der Waals surface area contributed by atoms with E-state index in [1.165, 1.54) is 13.3 Å². The first kappa shape index (κ1) is 18.6. The van der Waals surface area contributed by atoms with Crippen LogP contribution in [0.25, 0.3) is 10.8 Å². The number of benzene rings is 3. The number of hydrogen-bond donors (Lipinski definition) is 2. The molecule has 0 unspecified atom stereocenters. The third kappa shape index (κ3) is 4.51. The monoisotopic (exact) mass is 425 g/mol. The summed E-state index contributed by atoms with van der Waals surface area (Å²) >= 11 is 3.36. The predicted molar refractivity (Wildman–Crippen MR) is 109 cm³/mol. The molecule has 136 valence electrons. The Kier molecular flexibility index (Phi) is 5.83. The highest BCUT2D eigenvalue weighted by Gasteiger charge is 2.14. The van der Waals surface area contributed by atoms with Gasteiger partial charge in [-0.05, 0) is 29.7 Å². The number of carbonyl (C=O) groups is 2. The molecular formula is C20H16BrN3O3. The number of anilines is 1. The Morgan fingerprint density at radius 2 is 1.81 bits per heavy atom. The second kappa shape index (κ2) is 8.46. The maximum absolute atomic E-state index is 12.1. The van der Waals surface area contributed by atoms with Crippen molar-refractivity contribution in [3.05, 3.63) is 70.7 Å². The zero-order valence-electron chi connectivity index (χ0n) is 14.4. The number of amides is 2. The maximum atomic E-state index is 12.1. The molecule has 0 heterocycles. The van der Waals surface area contributed by atoms with Crippen LogP contribution < -0.4 is 15.5 Å². The first-order valence-corrected chi connectivity index (χ1v) is 8.83. The molecule has 27 heavy (non-hydrogen) atoms. The van der Waals surface area contributed by atoms with Crippen molar-refractivity contribution >= 4 is 50.4 Å². The van der Waals surface area contributed by atoms with Gasteiger partial charge in [-0.3, -0.25) is 9.59 Å². The van der Waals surface area contributed by atoms with Crippen molar-refractivity contribution in [2.75, 3.05) is 12.4 Å². The molecule has 2 amide bonds. The van der Waals surface area contributed by atoms with Crippen LogP contribution in [0.4, 0.5) is 5.69 Å². The van der Waals surface area contributed by atoms with E-state index >= 15 is 0 Å². The molecule has 6 nitrogen and oxygen atoms in total. The summed E-state index contributed by atoms with van der Waals surface area (Å²) in [5.74, 6) is -1.07. The molecule has 2 N–H and O–H groups in total.